The molecule has 7 rings (SSSR count). The number of rotatable bonds is 14. The first-order valence-corrected chi connectivity index (χ1v) is 28.7. The van der Waals surface area contributed by atoms with Crippen molar-refractivity contribution in [1.29, 1.82) is 0 Å². The van der Waals surface area contributed by atoms with Crippen molar-refractivity contribution in [3.05, 3.63) is 142 Å². The summed E-state index contributed by atoms with van der Waals surface area (Å²) in [7, 11) is -8.37. The zero-order valence-corrected chi connectivity index (χ0v) is 43.1. The smallest absolute Gasteiger partial charge is 0.408 e. The molecule has 3 aliphatic heterocycles. The molecule has 338 valence electrons. The van der Waals surface area contributed by atoms with Gasteiger partial charge >= 0.3 is 16.2 Å². The van der Waals surface area contributed by atoms with Crippen LogP contribution in [-0.2, 0) is 4.12 Å². The van der Waals surface area contributed by atoms with Crippen molar-refractivity contribution in [1.82, 2.24) is 0 Å². The van der Waals surface area contributed by atoms with Gasteiger partial charge in [-0.2, -0.15) is 0 Å². The number of hydrogen-bond acceptors (Lipinski definition) is 7. The van der Waals surface area contributed by atoms with Gasteiger partial charge in [-0.05, 0) is 91.9 Å². The zero-order valence-electron chi connectivity index (χ0n) is 41.1. The molecule has 2 unspecified atom stereocenters. The molecule has 2 atom stereocenters. The number of nitrogens with zero attached hydrogens (tertiary/aromatic N) is 4. The highest BCUT2D eigenvalue weighted by atomic mass is 29.4. The minimum Gasteiger partial charge on any atom is -0.408 e. The van der Waals surface area contributed by atoms with Crippen LogP contribution in [0.4, 0.5) is 22.7 Å². The van der Waals surface area contributed by atoms with Crippen LogP contribution in [0.25, 0.3) is 0 Å². The van der Waals surface area contributed by atoms with E-state index in [2.05, 4.69) is 228 Å². The van der Waals surface area contributed by atoms with Gasteiger partial charge in [-0.25, -0.2) is 0 Å². The molecule has 0 bridgehead atoms. The second kappa shape index (κ2) is 17.7. The third kappa shape index (κ3) is 7.94. The molecular formula is C54H76N4O3Si2. The van der Waals surface area contributed by atoms with Gasteiger partial charge in [-0.3, -0.25) is 0 Å². The Morgan fingerprint density at radius 3 is 0.635 bits per heavy atom. The van der Waals surface area contributed by atoms with E-state index in [0.29, 0.717) is 0 Å². The molecule has 2 N–H and O–H groups in total. The van der Waals surface area contributed by atoms with Gasteiger partial charge in [-0.15, -0.1) is 0 Å². The van der Waals surface area contributed by atoms with Crippen LogP contribution >= 0.6 is 0 Å². The van der Waals surface area contributed by atoms with Crippen LogP contribution in [-0.4, -0.2) is 37.3 Å². The molecule has 63 heavy (non-hydrogen) atoms. The van der Waals surface area contributed by atoms with Gasteiger partial charge in [0.15, 0.2) is 11.6 Å². The summed E-state index contributed by atoms with van der Waals surface area (Å²) in [6.45, 7) is 36.0. The maximum Gasteiger partial charge on any atom is 0.420 e. The summed E-state index contributed by atoms with van der Waals surface area (Å²) in [6, 6.07) is 26.6. The van der Waals surface area contributed by atoms with Crippen LogP contribution in [0.2, 0.25) is 0 Å². The Labute approximate surface area is 382 Å². The van der Waals surface area contributed by atoms with E-state index < -0.39 is 27.7 Å². The normalized spacial score (nSPS) is 20.7. The lowest BCUT2D eigenvalue weighted by Crippen LogP contribution is -2.66. The minimum absolute atomic E-state index is 0.220. The molecule has 0 amide bonds. The Morgan fingerprint density at radius 2 is 0.492 bits per heavy atom. The van der Waals surface area contributed by atoms with Gasteiger partial charge in [0.05, 0.1) is 0 Å². The summed E-state index contributed by atoms with van der Waals surface area (Å²) in [4.78, 5) is 37.5. The van der Waals surface area contributed by atoms with Gasteiger partial charge < -0.3 is 33.3 Å². The van der Waals surface area contributed by atoms with E-state index in [4.69, 9.17) is 4.12 Å². The molecule has 4 aromatic rings. The molecular weight excluding hydrogens is 809 g/mol. The summed E-state index contributed by atoms with van der Waals surface area (Å²) in [5.74, 6) is 0.404. The molecule has 0 aromatic heterocycles. The molecule has 0 spiro atoms. The van der Waals surface area contributed by atoms with Crippen molar-refractivity contribution in [2.75, 3.05) is 19.6 Å². The van der Waals surface area contributed by atoms with Crippen molar-refractivity contribution >= 4 is 38.9 Å². The van der Waals surface area contributed by atoms with E-state index >= 15 is 0 Å². The summed E-state index contributed by atoms with van der Waals surface area (Å²) in [5.41, 5.74) is 14.1. The molecule has 0 saturated carbocycles. The molecule has 1 saturated heterocycles. The molecule has 4 aromatic carbocycles. The summed E-state index contributed by atoms with van der Waals surface area (Å²) in [6.07, 6.45) is 8.66. The average molecular weight is 885 g/mol. The van der Waals surface area contributed by atoms with E-state index in [1.165, 1.54) is 44.5 Å². The van der Waals surface area contributed by atoms with Crippen molar-refractivity contribution in [2.45, 2.75) is 170 Å². The highest BCUT2D eigenvalue weighted by Crippen LogP contribution is 2.55. The first-order chi connectivity index (χ1) is 29.7. The topological polar surface area (TPSA) is 66.0 Å². The molecule has 3 heterocycles. The largest absolute Gasteiger partial charge is 0.420 e. The second-order valence-corrected chi connectivity index (χ2v) is 29.8. The van der Waals surface area contributed by atoms with E-state index in [-0.39, 0.29) is 47.3 Å². The van der Waals surface area contributed by atoms with E-state index in [9.17, 15) is 9.59 Å². The number of para-hydroxylation sites is 4. The Morgan fingerprint density at radius 1 is 0.333 bits per heavy atom. The standard InChI is InChI=1S/C54H76N4O3Si2/c1-33(2)41-21-17-22-42(34(3)4)49(41)55-29-30-56(50-43(35(5)6)23-18-24-44(50)36(7)8)53(55)62(59)61-63(62,60)54-57(51-45(37(9)10)25-19-26-46(51)38(11)12)31-32-58(54)52-47(39(13)14)27-20-28-48(52)40(15)16/h17-40,53-54,59-60H,1-16H3. The number of benzene rings is 4. The Kier molecular flexibility index (Phi) is 13.2. The number of anilines is 4. The van der Waals surface area contributed by atoms with Gasteiger partial charge in [0, 0.05) is 47.5 Å². The lowest BCUT2D eigenvalue weighted by Gasteiger charge is -2.41. The SMILES string of the molecule is CC(C)c1cccc(C(C)C)c1N1C=CN(c2c(C(C)C)cccc2C(C)C)C1[Si]1(O)O[Si]1(O)C1N(c2c(C(C)C)cccc2C(C)C)C=CN1c1c(C(C)C)cccc1C(C)C. The quantitative estimate of drug-likeness (QED) is 0.0966. The van der Waals surface area contributed by atoms with Crippen LogP contribution in [0.15, 0.2) is 97.6 Å². The van der Waals surface area contributed by atoms with E-state index in [1.807, 2.05) is 0 Å². The molecule has 9 heteroatoms. The Hall–Kier alpha value is -4.13. The van der Waals surface area contributed by atoms with Crippen LogP contribution in [0, 0.1) is 0 Å². The summed E-state index contributed by atoms with van der Waals surface area (Å²) < 4.78 is 7.21. The molecule has 3 aliphatic rings. The van der Waals surface area contributed by atoms with Crippen molar-refractivity contribution in [3.63, 3.8) is 0 Å². The molecule has 1 fully saturated rings. The Bertz CT molecular complexity index is 1950. The molecule has 7 nitrogen and oxygen atoms in total. The van der Waals surface area contributed by atoms with Gasteiger partial charge in [0.25, 0.3) is 0 Å². The summed E-state index contributed by atoms with van der Waals surface area (Å²) >= 11 is 0. The second-order valence-electron chi connectivity index (χ2n) is 20.8. The lowest BCUT2D eigenvalue weighted by atomic mass is 9.91. The molecule has 0 radical (unpaired) electrons. The first-order valence-electron chi connectivity index (χ1n) is 23.8. The Balaban J connectivity index is 1.53. The van der Waals surface area contributed by atoms with E-state index in [0.717, 1.165) is 22.7 Å². The highest BCUT2D eigenvalue weighted by Gasteiger charge is 2.89. The first kappa shape index (κ1) is 46.9. The predicted octanol–water partition coefficient (Wildman–Crippen LogP) is 13.7. The van der Waals surface area contributed by atoms with Crippen LogP contribution in [0.3, 0.4) is 0 Å². The van der Waals surface area contributed by atoms with Gasteiger partial charge in [0.2, 0.25) is 0 Å². The minimum atomic E-state index is -4.18. The van der Waals surface area contributed by atoms with Crippen LogP contribution in [0.1, 0.15) is 203 Å². The van der Waals surface area contributed by atoms with Gasteiger partial charge in [-0.1, -0.05) is 184 Å². The molecule has 0 aliphatic carbocycles. The monoisotopic (exact) mass is 885 g/mol. The third-order valence-corrected chi connectivity index (χ3v) is 24.0. The number of hydrogen-bond donors (Lipinski definition) is 2. The fourth-order valence-electron chi connectivity index (χ4n) is 10.3. The fraction of sp³-hybridized carbons (Fsp3) is 0.481. The van der Waals surface area contributed by atoms with E-state index in [1.54, 1.807) is 0 Å². The lowest BCUT2D eigenvalue weighted by molar-refractivity contribution is 0.423. The summed E-state index contributed by atoms with van der Waals surface area (Å²) in [5, 5.41) is 0. The zero-order chi connectivity index (χ0) is 46.0. The van der Waals surface area contributed by atoms with Gasteiger partial charge in [0.1, 0.15) is 0 Å². The maximum atomic E-state index is 14.2. The van der Waals surface area contributed by atoms with Crippen LogP contribution in [0.5, 0.6) is 0 Å². The van der Waals surface area contributed by atoms with Crippen molar-refractivity contribution in [3.8, 4) is 0 Å². The van der Waals surface area contributed by atoms with Crippen molar-refractivity contribution in [2.24, 2.45) is 0 Å². The maximum absolute atomic E-state index is 14.2. The fourth-order valence-corrected chi connectivity index (χ4v) is 21.8. The third-order valence-electron chi connectivity index (χ3n) is 13.7. The van der Waals surface area contributed by atoms with Crippen molar-refractivity contribution < 1.29 is 13.7 Å². The predicted molar refractivity (Wildman–Crippen MR) is 271 cm³/mol. The highest BCUT2D eigenvalue weighted by molar-refractivity contribution is 7.46. The van der Waals surface area contributed by atoms with Crippen LogP contribution < -0.4 is 19.6 Å². The average Bonchev–Trinajstić information content (AvgIpc) is 3.56.